The van der Waals surface area contributed by atoms with Crippen molar-refractivity contribution in [3.63, 3.8) is 0 Å². The number of piperidine rings is 1. The maximum absolute atomic E-state index is 13.2. The summed E-state index contributed by atoms with van der Waals surface area (Å²) in [4.78, 5) is 40.5. The Hall–Kier alpha value is -3.60. The van der Waals surface area contributed by atoms with E-state index >= 15 is 0 Å². The molecule has 0 radical (unpaired) electrons. The van der Waals surface area contributed by atoms with E-state index < -0.39 is 5.82 Å². The van der Waals surface area contributed by atoms with Crippen molar-refractivity contribution in [1.82, 2.24) is 4.90 Å². The van der Waals surface area contributed by atoms with Crippen LogP contribution in [0, 0.1) is 11.7 Å². The molecule has 0 saturated carbocycles. The van der Waals surface area contributed by atoms with E-state index in [1.165, 1.54) is 24.3 Å². The lowest BCUT2D eigenvalue weighted by molar-refractivity contribution is 0.0648. The van der Waals surface area contributed by atoms with Gasteiger partial charge in [-0.1, -0.05) is 48.5 Å². The minimum atomic E-state index is -0.422. The molecule has 0 aliphatic carbocycles. The predicted octanol–water partition coefficient (Wildman–Crippen LogP) is 4.79. The highest BCUT2D eigenvalue weighted by molar-refractivity contribution is 6.15. The van der Waals surface area contributed by atoms with Crippen LogP contribution in [-0.4, -0.2) is 35.5 Å². The van der Waals surface area contributed by atoms with E-state index in [2.05, 4.69) is 0 Å². The number of ketones is 2. The van der Waals surface area contributed by atoms with Crippen LogP contribution in [0.1, 0.15) is 49.5 Å². The molecule has 0 bridgehead atoms. The van der Waals surface area contributed by atoms with Gasteiger partial charge in [-0.15, -0.1) is 0 Å². The van der Waals surface area contributed by atoms with Gasteiger partial charge in [0.2, 0.25) is 0 Å². The van der Waals surface area contributed by atoms with Crippen LogP contribution in [0.15, 0.2) is 78.9 Å². The number of likely N-dealkylation sites (tertiary alicyclic amines) is 1. The molecule has 4 rings (SSSR count). The lowest BCUT2D eigenvalue weighted by Crippen LogP contribution is -2.40. The van der Waals surface area contributed by atoms with E-state index in [0.29, 0.717) is 48.2 Å². The second kappa shape index (κ2) is 9.04. The van der Waals surface area contributed by atoms with E-state index in [1.54, 1.807) is 29.2 Å². The van der Waals surface area contributed by atoms with Crippen LogP contribution in [0.2, 0.25) is 0 Å². The zero-order valence-electron chi connectivity index (χ0n) is 17.0. The van der Waals surface area contributed by atoms with Crippen LogP contribution in [0.25, 0.3) is 0 Å². The smallest absolute Gasteiger partial charge is 0.254 e. The summed E-state index contributed by atoms with van der Waals surface area (Å²) in [5, 5.41) is 0. The molecule has 156 valence electrons. The number of Topliss-reactive ketones (excluding diaryl/α,β-unsaturated/α-hetero) is 1. The molecule has 0 spiro atoms. The number of hydrogen-bond donors (Lipinski definition) is 0. The van der Waals surface area contributed by atoms with Gasteiger partial charge in [-0.25, -0.2) is 4.39 Å². The highest BCUT2D eigenvalue weighted by atomic mass is 19.1. The number of halogens is 1. The van der Waals surface area contributed by atoms with Gasteiger partial charge in [0, 0.05) is 35.7 Å². The van der Waals surface area contributed by atoms with Crippen LogP contribution in [0.4, 0.5) is 4.39 Å². The van der Waals surface area contributed by atoms with E-state index in [-0.39, 0.29) is 23.4 Å². The summed E-state index contributed by atoms with van der Waals surface area (Å²) in [6.45, 7) is 0.919. The second-order valence-electron chi connectivity index (χ2n) is 7.68. The van der Waals surface area contributed by atoms with Crippen molar-refractivity contribution in [2.75, 3.05) is 13.1 Å². The Morgan fingerprint density at radius 2 is 1.29 bits per heavy atom. The van der Waals surface area contributed by atoms with E-state index in [4.69, 9.17) is 0 Å². The molecule has 31 heavy (non-hydrogen) atoms. The number of carbonyl (C=O) groups is 3. The molecule has 4 nitrogen and oxygen atoms in total. The third-order valence-corrected chi connectivity index (χ3v) is 5.72. The number of nitrogens with zero attached hydrogens (tertiary/aromatic N) is 1. The Labute approximate surface area is 180 Å². The van der Waals surface area contributed by atoms with Gasteiger partial charge < -0.3 is 4.90 Å². The van der Waals surface area contributed by atoms with Gasteiger partial charge >= 0.3 is 0 Å². The van der Waals surface area contributed by atoms with Crippen molar-refractivity contribution in [2.24, 2.45) is 5.92 Å². The largest absolute Gasteiger partial charge is 0.339 e. The van der Waals surface area contributed by atoms with Crippen molar-refractivity contribution in [3.05, 3.63) is 107 Å². The third kappa shape index (κ3) is 4.45. The van der Waals surface area contributed by atoms with Gasteiger partial charge in [0.25, 0.3) is 5.91 Å². The lowest BCUT2D eigenvalue weighted by atomic mass is 9.88. The average Bonchev–Trinajstić information content (AvgIpc) is 2.84. The molecule has 1 heterocycles. The summed E-state index contributed by atoms with van der Waals surface area (Å²) in [5.74, 6) is -0.967. The molecule has 1 amide bonds. The van der Waals surface area contributed by atoms with E-state index in [0.717, 1.165) is 0 Å². The Morgan fingerprint density at radius 3 is 1.94 bits per heavy atom. The monoisotopic (exact) mass is 415 g/mol. The highest BCUT2D eigenvalue weighted by Gasteiger charge is 2.30. The molecule has 0 N–H and O–H groups in total. The van der Waals surface area contributed by atoms with E-state index in [9.17, 15) is 18.8 Å². The fraction of sp³-hybridized carbons (Fsp3) is 0.192. The van der Waals surface area contributed by atoms with Crippen LogP contribution in [0.5, 0.6) is 0 Å². The van der Waals surface area contributed by atoms with Gasteiger partial charge in [0.05, 0.1) is 5.56 Å². The van der Waals surface area contributed by atoms with Crippen LogP contribution in [0.3, 0.4) is 0 Å². The summed E-state index contributed by atoms with van der Waals surface area (Å²) in [7, 11) is 0. The van der Waals surface area contributed by atoms with Gasteiger partial charge in [-0.2, -0.15) is 0 Å². The minimum absolute atomic E-state index is 0.109. The minimum Gasteiger partial charge on any atom is -0.339 e. The predicted molar refractivity (Wildman–Crippen MR) is 116 cm³/mol. The Bertz CT molecular complexity index is 1100. The zero-order chi connectivity index (χ0) is 21.8. The molecule has 5 heteroatoms. The Morgan fingerprint density at radius 1 is 0.710 bits per heavy atom. The molecular formula is C26H22FNO3. The molecule has 1 fully saturated rings. The maximum atomic E-state index is 13.2. The first-order chi connectivity index (χ1) is 15.0. The summed E-state index contributed by atoms with van der Waals surface area (Å²) >= 11 is 0. The molecule has 0 unspecified atom stereocenters. The lowest BCUT2D eigenvalue weighted by Gasteiger charge is -2.31. The highest BCUT2D eigenvalue weighted by Crippen LogP contribution is 2.24. The normalized spacial score (nSPS) is 14.3. The van der Waals surface area contributed by atoms with Crippen molar-refractivity contribution >= 4 is 17.5 Å². The van der Waals surface area contributed by atoms with Crippen LogP contribution >= 0.6 is 0 Å². The maximum Gasteiger partial charge on any atom is 0.254 e. The number of hydrogen-bond acceptors (Lipinski definition) is 3. The standard InChI is InChI=1S/C26H22FNO3/c27-21-12-10-19(11-13-21)25(30)22-8-4-5-9-23(22)26(31)28-16-14-20(15-17-28)24(29)18-6-2-1-3-7-18/h1-13,20H,14-17H2. The van der Waals surface area contributed by atoms with Gasteiger partial charge in [-0.05, 0) is 43.2 Å². The molecular weight excluding hydrogens is 393 g/mol. The summed E-state index contributed by atoms with van der Waals surface area (Å²) in [6, 6.07) is 21.2. The SMILES string of the molecule is O=C(c1ccc(F)cc1)c1ccccc1C(=O)N1CCC(C(=O)c2ccccc2)CC1. The fourth-order valence-corrected chi connectivity index (χ4v) is 3.98. The molecule has 3 aromatic carbocycles. The molecule has 0 aromatic heterocycles. The number of carbonyl (C=O) groups excluding carboxylic acids is 3. The first-order valence-corrected chi connectivity index (χ1v) is 10.3. The number of rotatable bonds is 5. The first kappa shape index (κ1) is 20.7. The van der Waals surface area contributed by atoms with Gasteiger partial charge in [0.1, 0.15) is 5.82 Å². The van der Waals surface area contributed by atoms with Gasteiger partial charge in [0.15, 0.2) is 11.6 Å². The first-order valence-electron chi connectivity index (χ1n) is 10.3. The summed E-state index contributed by atoms with van der Waals surface area (Å²) in [6.07, 6.45) is 1.18. The third-order valence-electron chi connectivity index (χ3n) is 5.72. The average molecular weight is 415 g/mol. The van der Waals surface area contributed by atoms with Crippen LogP contribution < -0.4 is 0 Å². The summed E-state index contributed by atoms with van der Waals surface area (Å²) < 4.78 is 13.2. The van der Waals surface area contributed by atoms with Gasteiger partial charge in [-0.3, -0.25) is 14.4 Å². The van der Waals surface area contributed by atoms with Crippen molar-refractivity contribution in [3.8, 4) is 0 Å². The molecule has 1 aliphatic heterocycles. The molecule has 1 saturated heterocycles. The van der Waals surface area contributed by atoms with E-state index in [1.807, 2.05) is 30.3 Å². The van der Waals surface area contributed by atoms with Crippen molar-refractivity contribution < 1.29 is 18.8 Å². The van der Waals surface area contributed by atoms with Crippen LogP contribution in [-0.2, 0) is 0 Å². The zero-order valence-corrected chi connectivity index (χ0v) is 17.0. The molecule has 0 atom stereocenters. The van der Waals surface area contributed by atoms with Crippen molar-refractivity contribution in [1.29, 1.82) is 0 Å². The Kier molecular flexibility index (Phi) is 6.03. The number of benzene rings is 3. The van der Waals surface area contributed by atoms with Crippen molar-refractivity contribution in [2.45, 2.75) is 12.8 Å². The summed E-state index contributed by atoms with van der Waals surface area (Å²) in [5.41, 5.74) is 1.64. The fourth-order valence-electron chi connectivity index (χ4n) is 3.98. The topological polar surface area (TPSA) is 54.5 Å². The molecule has 1 aliphatic rings. The Balaban J connectivity index is 1.48. The number of amides is 1. The second-order valence-corrected chi connectivity index (χ2v) is 7.68. The quantitative estimate of drug-likeness (QED) is 0.563. The molecule has 3 aromatic rings.